The van der Waals surface area contributed by atoms with Crippen LogP contribution in [0.25, 0.3) is 11.0 Å². The van der Waals surface area contributed by atoms with Crippen molar-refractivity contribution in [3.63, 3.8) is 0 Å². The van der Waals surface area contributed by atoms with Crippen molar-refractivity contribution in [3.05, 3.63) is 45.1 Å². The number of furan rings is 1. The number of hydrogen-bond donors (Lipinski definition) is 1. The van der Waals surface area contributed by atoms with Gasteiger partial charge in [-0.1, -0.05) is 0 Å². The summed E-state index contributed by atoms with van der Waals surface area (Å²) in [4.78, 5) is 31.0. The second kappa shape index (κ2) is 9.21. The van der Waals surface area contributed by atoms with Crippen molar-refractivity contribution in [2.75, 3.05) is 20.3 Å². The van der Waals surface area contributed by atoms with Crippen molar-refractivity contribution < 1.29 is 28.2 Å². The summed E-state index contributed by atoms with van der Waals surface area (Å²) < 4.78 is 22.0. The highest BCUT2D eigenvalue weighted by Gasteiger charge is 2.43. The molecule has 1 amide bonds. The van der Waals surface area contributed by atoms with E-state index < -0.39 is 17.4 Å². The van der Waals surface area contributed by atoms with Crippen molar-refractivity contribution in [1.82, 2.24) is 10.3 Å². The highest BCUT2D eigenvalue weighted by Crippen LogP contribution is 2.33. The summed E-state index contributed by atoms with van der Waals surface area (Å²) in [5, 5.41) is 12.9. The average Bonchev–Trinajstić information content (AvgIpc) is 3.37. The Kier molecular flexibility index (Phi) is 6.35. The second-order valence-corrected chi connectivity index (χ2v) is 8.72. The van der Waals surface area contributed by atoms with Gasteiger partial charge < -0.3 is 23.9 Å². The van der Waals surface area contributed by atoms with Crippen molar-refractivity contribution in [1.29, 1.82) is 5.26 Å². The Hall–Kier alpha value is -3.42. The number of nitriles is 1. The Morgan fingerprint density at radius 1 is 1.30 bits per heavy atom. The van der Waals surface area contributed by atoms with E-state index in [4.69, 9.17) is 18.6 Å². The third kappa shape index (κ3) is 4.29. The van der Waals surface area contributed by atoms with E-state index in [-0.39, 0.29) is 12.2 Å². The fourth-order valence-corrected chi connectivity index (χ4v) is 4.61. The maximum absolute atomic E-state index is 13.4. The van der Waals surface area contributed by atoms with Gasteiger partial charge >= 0.3 is 5.97 Å². The van der Waals surface area contributed by atoms with E-state index in [1.54, 1.807) is 24.6 Å². The first-order valence-electron chi connectivity index (χ1n) is 10.4. The molecule has 0 aliphatic carbocycles. The highest BCUT2D eigenvalue weighted by atomic mass is 32.1. The first-order chi connectivity index (χ1) is 15.9. The lowest BCUT2D eigenvalue weighted by Crippen LogP contribution is -2.58. The minimum Gasteiger partial charge on any atom is -0.487 e. The van der Waals surface area contributed by atoms with E-state index in [1.807, 2.05) is 6.92 Å². The molecule has 0 spiro atoms. The van der Waals surface area contributed by atoms with E-state index in [0.29, 0.717) is 54.1 Å². The Bertz CT molecular complexity index is 1250. The van der Waals surface area contributed by atoms with Crippen LogP contribution in [-0.2, 0) is 20.9 Å². The van der Waals surface area contributed by atoms with E-state index >= 15 is 0 Å². The lowest BCUT2D eigenvalue weighted by molar-refractivity contribution is -0.152. The largest absolute Gasteiger partial charge is 0.487 e. The summed E-state index contributed by atoms with van der Waals surface area (Å²) in [6.07, 6.45) is 0.614. The number of fused-ring (bicyclic) bond motifs is 1. The van der Waals surface area contributed by atoms with Crippen molar-refractivity contribution in [2.45, 2.75) is 38.8 Å². The summed E-state index contributed by atoms with van der Waals surface area (Å²) in [5.74, 6) is -0.275. The fraction of sp³-hybridized carbons (Fsp3) is 0.391. The van der Waals surface area contributed by atoms with Crippen LogP contribution in [0.15, 0.2) is 22.1 Å². The second-order valence-electron chi connectivity index (χ2n) is 7.78. The van der Waals surface area contributed by atoms with Gasteiger partial charge in [0.2, 0.25) is 0 Å². The van der Waals surface area contributed by atoms with Crippen LogP contribution in [0.2, 0.25) is 0 Å². The van der Waals surface area contributed by atoms with E-state index in [9.17, 15) is 14.9 Å². The molecular formula is C23H23N3O6S. The Morgan fingerprint density at radius 3 is 2.70 bits per heavy atom. The molecule has 0 atom stereocenters. The van der Waals surface area contributed by atoms with Gasteiger partial charge in [-0.3, -0.25) is 4.79 Å². The van der Waals surface area contributed by atoms with Gasteiger partial charge in [-0.2, -0.15) is 5.26 Å². The Morgan fingerprint density at radius 2 is 2.06 bits per heavy atom. The number of nitrogens with one attached hydrogen (secondary N) is 1. The predicted molar refractivity (Wildman–Crippen MR) is 119 cm³/mol. The van der Waals surface area contributed by atoms with Gasteiger partial charge in [-0.15, -0.1) is 11.3 Å². The van der Waals surface area contributed by atoms with E-state index in [1.165, 1.54) is 18.4 Å². The van der Waals surface area contributed by atoms with Crippen LogP contribution in [0, 0.1) is 25.2 Å². The predicted octanol–water partition coefficient (Wildman–Crippen LogP) is 3.41. The molecule has 1 aliphatic rings. The molecule has 3 aromatic rings. The fourth-order valence-electron chi connectivity index (χ4n) is 3.92. The topological polar surface area (TPSA) is 124 Å². The average molecular weight is 470 g/mol. The number of carbonyl (C=O) groups is 2. The number of amides is 1. The molecule has 1 aliphatic heterocycles. The number of rotatable bonds is 6. The molecule has 0 saturated carbocycles. The number of nitrogens with zero attached hydrogens (tertiary/aromatic N) is 2. The number of aromatic nitrogens is 1. The molecule has 2 aromatic heterocycles. The van der Waals surface area contributed by atoms with Crippen LogP contribution in [0.4, 0.5) is 0 Å². The molecule has 0 unspecified atom stereocenters. The number of thiazole rings is 1. The van der Waals surface area contributed by atoms with Crippen molar-refractivity contribution in [3.8, 4) is 11.8 Å². The highest BCUT2D eigenvalue weighted by molar-refractivity contribution is 7.09. The van der Waals surface area contributed by atoms with Crippen LogP contribution >= 0.6 is 11.3 Å². The van der Waals surface area contributed by atoms with E-state index in [0.717, 1.165) is 10.6 Å². The number of aryl methyl sites for hydroxylation is 2. The zero-order valence-electron chi connectivity index (χ0n) is 18.5. The molecule has 172 valence electrons. The molecule has 9 nitrogen and oxygen atoms in total. The maximum atomic E-state index is 13.4. The van der Waals surface area contributed by atoms with Gasteiger partial charge in [0.25, 0.3) is 5.91 Å². The number of benzene rings is 1. The third-order valence-electron chi connectivity index (χ3n) is 5.79. The molecule has 1 fully saturated rings. The molecule has 33 heavy (non-hydrogen) atoms. The molecule has 10 heteroatoms. The van der Waals surface area contributed by atoms with Gasteiger partial charge in [0.15, 0.2) is 0 Å². The molecule has 0 bridgehead atoms. The SMILES string of the molecule is COC(=O)C1(NC(=O)c2c(C)oc3cc(C#N)c(OCc4scnc4C)cc23)CCOCC1. The lowest BCUT2D eigenvalue weighted by atomic mass is 9.89. The number of hydrogen-bond acceptors (Lipinski definition) is 9. The summed E-state index contributed by atoms with van der Waals surface area (Å²) in [6, 6.07) is 5.30. The van der Waals surface area contributed by atoms with E-state index in [2.05, 4.69) is 16.4 Å². The lowest BCUT2D eigenvalue weighted by Gasteiger charge is -2.35. The minimum absolute atomic E-state index is 0.250. The zero-order chi connectivity index (χ0) is 23.6. The smallest absolute Gasteiger partial charge is 0.331 e. The minimum atomic E-state index is -1.17. The van der Waals surface area contributed by atoms with Gasteiger partial charge in [-0.05, 0) is 19.9 Å². The third-order valence-corrected chi connectivity index (χ3v) is 6.70. The van der Waals surface area contributed by atoms with Gasteiger partial charge in [-0.25, -0.2) is 9.78 Å². The molecular weight excluding hydrogens is 446 g/mol. The normalized spacial score (nSPS) is 15.1. The van der Waals surface area contributed by atoms with Crippen LogP contribution in [-0.4, -0.2) is 42.7 Å². The number of ether oxygens (including phenoxy) is 3. The van der Waals surface area contributed by atoms with Gasteiger partial charge in [0.1, 0.15) is 35.3 Å². The quantitative estimate of drug-likeness (QED) is 0.545. The summed E-state index contributed by atoms with van der Waals surface area (Å²) >= 11 is 1.47. The van der Waals surface area contributed by atoms with Crippen LogP contribution in [0.1, 0.15) is 45.1 Å². The number of carbonyl (C=O) groups excluding carboxylic acids is 2. The van der Waals surface area contributed by atoms with Gasteiger partial charge in [0.05, 0.1) is 34.3 Å². The molecule has 4 rings (SSSR count). The summed E-state index contributed by atoms with van der Waals surface area (Å²) in [6.45, 7) is 4.47. The van der Waals surface area contributed by atoms with Gasteiger partial charge in [0, 0.05) is 37.5 Å². The van der Waals surface area contributed by atoms with Crippen LogP contribution in [0.3, 0.4) is 0 Å². The molecule has 1 saturated heterocycles. The molecule has 0 radical (unpaired) electrons. The summed E-state index contributed by atoms with van der Waals surface area (Å²) in [7, 11) is 1.29. The molecule has 1 aromatic carbocycles. The zero-order valence-corrected chi connectivity index (χ0v) is 19.3. The first kappa shape index (κ1) is 22.8. The van der Waals surface area contributed by atoms with Crippen LogP contribution in [0.5, 0.6) is 5.75 Å². The Balaban J connectivity index is 1.69. The number of esters is 1. The Labute approximate surface area is 194 Å². The number of methoxy groups -OCH3 is 1. The summed E-state index contributed by atoms with van der Waals surface area (Å²) in [5.41, 5.74) is 2.38. The van der Waals surface area contributed by atoms with Crippen molar-refractivity contribution >= 4 is 34.2 Å². The monoisotopic (exact) mass is 469 g/mol. The molecule has 3 heterocycles. The van der Waals surface area contributed by atoms with Crippen molar-refractivity contribution in [2.24, 2.45) is 0 Å². The first-order valence-corrected chi connectivity index (χ1v) is 11.2. The molecule has 1 N–H and O–H groups in total. The maximum Gasteiger partial charge on any atom is 0.331 e. The van der Waals surface area contributed by atoms with Crippen LogP contribution < -0.4 is 10.1 Å². The standard InChI is InChI=1S/C23H23N3O6S/c1-13-19(33-12-25-13)11-31-17-9-16-18(8-15(17)10-24)32-14(2)20(16)21(27)26-23(22(28)29-3)4-6-30-7-5-23/h8-9,12H,4-7,11H2,1-3H3,(H,26,27).